The van der Waals surface area contributed by atoms with Gasteiger partial charge in [-0.15, -0.1) is 0 Å². The quantitative estimate of drug-likeness (QED) is 0.942. The summed E-state index contributed by atoms with van der Waals surface area (Å²) >= 11 is 0. The first-order valence-corrected chi connectivity index (χ1v) is 8.05. The van der Waals surface area contributed by atoms with Crippen molar-refractivity contribution in [1.29, 1.82) is 0 Å². The van der Waals surface area contributed by atoms with Crippen LogP contribution in [0.5, 0.6) is 5.75 Å². The molecule has 0 heterocycles. The van der Waals surface area contributed by atoms with Crippen LogP contribution in [0, 0.1) is 0 Å². The van der Waals surface area contributed by atoms with Crippen LogP contribution in [0.4, 0.5) is 5.69 Å². The van der Waals surface area contributed by atoms with E-state index in [-0.39, 0.29) is 22.1 Å². The molecule has 5 nitrogen and oxygen atoms in total. The Morgan fingerprint density at radius 2 is 1.71 bits per heavy atom. The highest BCUT2D eigenvalue weighted by atomic mass is 32.2. The lowest BCUT2D eigenvalue weighted by Crippen LogP contribution is -2.26. The Morgan fingerprint density at radius 3 is 2.29 bits per heavy atom. The van der Waals surface area contributed by atoms with E-state index < -0.39 is 9.84 Å². The summed E-state index contributed by atoms with van der Waals surface area (Å²) in [6.45, 7) is 0. The van der Waals surface area contributed by atoms with E-state index in [2.05, 4.69) is 0 Å². The van der Waals surface area contributed by atoms with Crippen molar-refractivity contribution in [1.82, 2.24) is 0 Å². The number of sulfone groups is 1. The van der Waals surface area contributed by atoms with Gasteiger partial charge in [-0.2, -0.15) is 0 Å². The van der Waals surface area contributed by atoms with Crippen molar-refractivity contribution >= 4 is 21.4 Å². The lowest BCUT2D eigenvalue weighted by atomic mass is 10.2. The molecule has 0 radical (unpaired) electrons. The minimum Gasteiger partial charge on any atom is -0.508 e. The fourth-order valence-corrected chi connectivity index (χ4v) is 2.51. The lowest BCUT2D eigenvalue weighted by molar-refractivity contribution is 0.0993. The van der Waals surface area contributed by atoms with Gasteiger partial charge >= 0.3 is 0 Å². The molecule has 0 saturated carbocycles. The maximum atomic E-state index is 12.4. The number of benzene rings is 2. The first kappa shape index (κ1) is 15.1. The SMILES string of the molecule is CN(C(=O)c1cccc(S(C)(=O)=O)c1)c1ccc(O)cc1. The molecule has 2 aromatic carbocycles. The Balaban J connectivity index is 2.34. The molecule has 0 aliphatic carbocycles. The highest BCUT2D eigenvalue weighted by Gasteiger charge is 2.16. The van der Waals surface area contributed by atoms with E-state index in [1.807, 2.05) is 0 Å². The van der Waals surface area contributed by atoms with Crippen molar-refractivity contribution in [2.24, 2.45) is 0 Å². The Bertz CT molecular complexity index is 767. The van der Waals surface area contributed by atoms with Gasteiger partial charge in [-0.25, -0.2) is 8.42 Å². The van der Waals surface area contributed by atoms with Crippen molar-refractivity contribution in [2.75, 3.05) is 18.2 Å². The van der Waals surface area contributed by atoms with Gasteiger partial charge in [-0.05, 0) is 42.5 Å². The molecule has 110 valence electrons. The van der Waals surface area contributed by atoms with E-state index >= 15 is 0 Å². The van der Waals surface area contributed by atoms with Crippen LogP contribution < -0.4 is 4.90 Å². The van der Waals surface area contributed by atoms with Gasteiger partial charge < -0.3 is 10.0 Å². The Morgan fingerprint density at radius 1 is 1.10 bits per heavy atom. The Kier molecular flexibility index (Phi) is 3.99. The van der Waals surface area contributed by atoms with Crippen LogP contribution in [0.15, 0.2) is 53.4 Å². The van der Waals surface area contributed by atoms with Gasteiger partial charge in [0.1, 0.15) is 5.75 Å². The summed E-state index contributed by atoms with van der Waals surface area (Å²) in [5.74, 6) is -0.218. The smallest absolute Gasteiger partial charge is 0.258 e. The van der Waals surface area contributed by atoms with Gasteiger partial charge in [0.2, 0.25) is 0 Å². The molecule has 0 aliphatic rings. The first-order chi connectivity index (χ1) is 9.79. The second-order valence-corrected chi connectivity index (χ2v) is 6.70. The minimum absolute atomic E-state index is 0.104. The second-order valence-electron chi connectivity index (χ2n) is 4.68. The fourth-order valence-electron chi connectivity index (χ4n) is 1.85. The number of hydrogen-bond acceptors (Lipinski definition) is 4. The monoisotopic (exact) mass is 305 g/mol. The van der Waals surface area contributed by atoms with E-state index in [1.54, 1.807) is 25.2 Å². The number of nitrogens with zero attached hydrogens (tertiary/aromatic N) is 1. The van der Waals surface area contributed by atoms with Crippen LogP contribution in [-0.4, -0.2) is 32.7 Å². The van der Waals surface area contributed by atoms with E-state index in [0.717, 1.165) is 6.26 Å². The van der Waals surface area contributed by atoms with E-state index in [1.165, 1.54) is 35.2 Å². The van der Waals surface area contributed by atoms with Crippen molar-refractivity contribution in [3.8, 4) is 5.75 Å². The largest absolute Gasteiger partial charge is 0.508 e. The second kappa shape index (κ2) is 5.57. The zero-order valence-electron chi connectivity index (χ0n) is 11.6. The number of carbonyl (C=O) groups excluding carboxylic acids is 1. The molecule has 2 aromatic rings. The molecule has 0 bridgehead atoms. The maximum Gasteiger partial charge on any atom is 0.258 e. The Labute approximate surface area is 123 Å². The molecule has 0 spiro atoms. The number of hydrogen-bond donors (Lipinski definition) is 1. The number of carbonyl (C=O) groups is 1. The van der Waals surface area contributed by atoms with Crippen LogP contribution in [0.1, 0.15) is 10.4 Å². The molecule has 0 saturated heterocycles. The lowest BCUT2D eigenvalue weighted by Gasteiger charge is -2.17. The molecule has 0 atom stereocenters. The number of aromatic hydroxyl groups is 1. The van der Waals surface area contributed by atoms with Crippen LogP contribution >= 0.6 is 0 Å². The maximum absolute atomic E-state index is 12.4. The molecular weight excluding hydrogens is 290 g/mol. The molecule has 1 amide bonds. The molecule has 6 heteroatoms. The van der Waals surface area contributed by atoms with Crippen LogP contribution in [-0.2, 0) is 9.84 Å². The third kappa shape index (κ3) is 3.41. The highest BCUT2D eigenvalue weighted by Crippen LogP contribution is 2.20. The van der Waals surface area contributed by atoms with Crippen molar-refractivity contribution < 1.29 is 18.3 Å². The molecule has 1 N–H and O–H groups in total. The molecule has 21 heavy (non-hydrogen) atoms. The summed E-state index contributed by atoms with van der Waals surface area (Å²) in [6, 6.07) is 12.1. The van der Waals surface area contributed by atoms with Crippen molar-refractivity contribution in [2.45, 2.75) is 4.90 Å². The van der Waals surface area contributed by atoms with Gasteiger partial charge in [0.15, 0.2) is 9.84 Å². The van der Waals surface area contributed by atoms with Crippen LogP contribution in [0.2, 0.25) is 0 Å². The van der Waals surface area contributed by atoms with E-state index in [0.29, 0.717) is 5.69 Å². The van der Waals surface area contributed by atoms with Gasteiger partial charge in [-0.3, -0.25) is 4.79 Å². The molecule has 0 fully saturated rings. The molecular formula is C15H15NO4S. The van der Waals surface area contributed by atoms with Gasteiger partial charge in [-0.1, -0.05) is 6.07 Å². The van der Waals surface area contributed by atoms with Crippen molar-refractivity contribution in [3.63, 3.8) is 0 Å². The average Bonchev–Trinajstić information content (AvgIpc) is 2.46. The number of amides is 1. The zero-order chi connectivity index (χ0) is 15.6. The van der Waals surface area contributed by atoms with Crippen molar-refractivity contribution in [3.05, 3.63) is 54.1 Å². The van der Waals surface area contributed by atoms with Gasteiger partial charge in [0, 0.05) is 24.6 Å². The summed E-state index contributed by atoms with van der Waals surface area (Å²) in [7, 11) is -1.77. The summed E-state index contributed by atoms with van der Waals surface area (Å²) in [6.07, 6.45) is 1.10. The highest BCUT2D eigenvalue weighted by molar-refractivity contribution is 7.90. The molecule has 0 unspecified atom stereocenters. The van der Waals surface area contributed by atoms with Crippen LogP contribution in [0.25, 0.3) is 0 Å². The summed E-state index contributed by atoms with van der Waals surface area (Å²) in [5.41, 5.74) is 0.885. The number of anilines is 1. The standard InChI is InChI=1S/C15H15NO4S/c1-16(12-6-8-13(17)9-7-12)15(18)11-4-3-5-14(10-11)21(2,19)20/h3-10,17H,1-2H3. The first-order valence-electron chi connectivity index (χ1n) is 6.16. The predicted molar refractivity (Wildman–Crippen MR) is 80.4 cm³/mol. The normalized spacial score (nSPS) is 11.1. The third-order valence-corrected chi connectivity index (χ3v) is 4.16. The fraction of sp³-hybridized carbons (Fsp3) is 0.133. The average molecular weight is 305 g/mol. The molecule has 0 aliphatic heterocycles. The summed E-state index contributed by atoms with van der Waals surface area (Å²) in [4.78, 5) is 13.9. The minimum atomic E-state index is -3.36. The van der Waals surface area contributed by atoms with E-state index in [9.17, 15) is 18.3 Å². The third-order valence-electron chi connectivity index (χ3n) is 3.05. The van der Waals surface area contributed by atoms with Crippen LogP contribution in [0.3, 0.4) is 0 Å². The molecule has 0 aromatic heterocycles. The number of rotatable bonds is 3. The number of phenolic OH excluding ortho intramolecular Hbond substituents is 1. The predicted octanol–water partition coefficient (Wildman–Crippen LogP) is 2.07. The Hall–Kier alpha value is -2.34. The zero-order valence-corrected chi connectivity index (χ0v) is 12.5. The number of phenols is 1. The van der Waals surface area contributed by atoms with Gasteiger partial charge in [0.25, 0.3) is 5.91 Å². The summed E-state index contributed by atoms with van der Waals surface area (Å²) < 4.78 is 23.1. The van der Waals surface area contributed by atoms with E-state index in [4.69, 9.17) is 0 Å². The van der Waals surface area contributed by atoms with Gasteiger partial charge in [0.05, 0.1) is 4.90 Å². The molecule has 2 rings (SSSR count). The summed E-state index contributed by atoms with van der Waals surface area (Å²) in [5, 5.41) is 9.25. The topological polar surface area (TPSA) is 74.7 Å².